The molecule has 2 aromatic carbocycles. The fraction of sp³-hybridized carbons (Fsp3) is 0.167. The number of rotatable bonds is 5. The van der Waals surface area contributed by atoms with Crippen molar-refractivity contribution in [3.05, 3.63) is 56.3 Å². The van der Waals surface area contributed by atoms with E-state index in [1.54, 1.807) is 24.3 Å². The number of thiophene rings is 1. The molecule has 0 atom stereocenters. The van der Waals surface area contributed by atoms with E-state index < -0.39 is 15.9 Å². The van der Waals surface area contributed by atoms with Crippen molar-refractivity contribution in [2.45, 2.75) is 23.8 Å². The molecule has 1 fully saturated rings. The van der Waals surface area contributed by atoms with Crippen molar-refractivity contribution in [3.8, 4) is 0 Å². The smallest absolute Gasteiger partial charge is 0.267 e. The highest BCUT2D eigenvalue weighted by atomic mass is 35.5. The van der Waals surface area contributed by atoms with Gasteiger partial charge in [-0.15, -0.1) is 11.3 Å². The SMILES string of the molecule is O=C(Nc1cccc(S(=O)(=O)NC2CC2)c1)c1sc2cc(Cl)cc(Cl)c2c1Cl. The third-order valence-electron chi connectivity index (χ3n) is 4.16. The maximum absolute atomic E-state index is 12.7. The van der Waals surface area contributed by atoms with Gasteiger partial charge in [-0.05, 0) is 43.2 Å². The number of anilines is 1. The number of halogens is 3. The largest absolute Gasteiger partial charge is 0.321 e. The van der Waals surface area contributed by atoms with E-state index in [9.17, 15) is 13.2 Å². The number of nitrogens with one attached hydrogen (secondary N) is 2. The van der Waals surface area contributed by atoms with Gasteiger partial charge in [-0.1, -0.05) is 40.9 Å². The van der Waals surface area contributed by atoms with Crippen LogP contribution in [0.2, 0.25) is 15.1 Å². The molecule has 4 rings (SSSR count). The second-order valence-corrected chi connectivity index (χ2v) is 10.4. The number of carbonyl (C=O) groups excluding carboxylic acids is 1. The summed E-state index contributed by atoms with van der Waals surface area (Å²) >= 11 is 19.7. The Labute approximate surface area is 180 Å². The Hall–Kier alpha value is -1.35. The predicted molar refractivity (Wildman–Crippen MR) is 115 cm³/mol. The summed E-state index contributed by atoms with van der Waals surface area (Å²) in [6.07, 6.45) is 1.68. The molecule has 0 bridgehead atoms. The fourth-order valence-corrected chi connectivity index (χ4v) is 6.30. The molecule has 0 unspecified atom stereocenters. The lowest BCUT2D eigenvalue weighted by Gasteiger charge is -2.08. The molecule has 1 aliphatic rings. The molecular weight excluding hydrogens is 463 g/mol. The lowest BCUT2D eigenvalue weighted by atomic mass is 10.2. The topological polar surface area (TPSA) is 75.3 Å². The van der Waals surface area contributed by atoms with Crippen molar-refractivity contribution in [1.82, 2.24) is 4.72 Å². The van der Waals surface area contributed by atoms with Gasteiger partial charge in [0.05, 0.1) is 14.9 Å². The highest BCUT2D eigenvalue weighted by molar-refractivity contribution is 7.89. The quantitative estimate of drug-likeness (QED) is 0.507. The van der Waals surface area contributed by atoms with E-state index in [2.05, 4.69) is 10.0 Å². The molecule has 28 heavy (non-hydrogen) atoms. The van der Waals surface area contributed by atoms with E-state index >= 15 is 0 Å². The third kappa shape index (κ3) is 4.01. The number of carbonyl (C=O) groups is 1. The number of amides is 1. The molecule has 0 saturated heterocycles. The van der Waals surface area contributed by atoms with Crippen LogP contribution in [0.15, 0.2) is 41.3 Å². The van der Waals surface area contributed by atoms with Crippen molar-refractivity contribution >= 4 is 77.8 Å². The van der Waals surface area contributed by atoms with Gasteiger partial charge in [0, 0.05) is 26.8 Å². The van der Waals surface area contributed by atoms with E-state index in [0.29, 0.717) is 25.8 Å². The first-order valence-corrected chi connectivity index (χ1v) is 11.7. The average molecular weight is 476 g/mol. The van der Waals surface area contributed by atoms with Gasteiger partial charge in [-0.25, -0.2) is 13.1 Å². The summed E-state index contributed by atoms with van der Waals surface area (Å²) in [6.45, 7) is 0. The summed E-state index contributed by atoms with van der Waals surface area (Å²) < 4.78 is 28.0. The Bertz CT molecular complexity index is 1200. The van der Waals surface area contributed by atoms with Crippen molar-refractivity contribution in [1.29, 1.82) is 0 Å². The van der Waals surface area contributed by atoms with E-state index in [1.807, 2.05) is 0 Å². The van der Waals surface area contributed by atoms with Gasteiger partial charge < -0.3 is 5.32 Å². The molecule has 1 saturated carbocycles. The molecule has 3 aromatic rings. The van der Waals surface area contributed by atoms with E-state index in [4.69, 9.17) is 34.8 Å². The Morgan fingerprint density at radius 2 is 1.86 bits per heavy atom. The Morgan fingerprint density at radius 3 is 2.57 bits per heavy atom. The van der Waals surface area contributed by atoms with Crippen LogP contribution >= 0.6 is 46.1 Å². The molecule has 5 nitrogen and oxygen atoms in total. The predicted octanol–water partition coefficient (Wildman–Crippen LogP) is 5.55. The zero-order valence-electron chi connectivity index (χ0n) is 14.1. The monoisotopic (exact) mass is 474 g/mol. The van der Waals surface area contributed by atoms with Gasteiger partial charge in [0.25, 0.3) is 5.91 Å². The van der Waals surface area contributed by atoms with Crippen LogP contribution in [-0.4, -0.2) is 20.4 Å². The molecule has 0 radical (unpaired) electrons. The van der Waals surface area contributed by atoms with Gasteiger partial charge in [0.15, 0.2) is 0 Å². The van der Waals surface area contributed by atoms with E-state index in [1.165, 1.54) is 12.1 Å². The van der Waals surface area contributed by atoms with Crippen LogP contribution in [0.4, 0.5) is 5.69 Å². The fourth-order valence-electron chi connectivity index (χ4n) is 2.68. The zero-order chi connectivity index (χ0) is 20.1. The lowest BCUT2D eigenvalue weighted by molar-refractivity contribution is 0.103. The number of benzene rings is 2. The summed E-state index contributed by atoms with van der Waals surface area (Å²) in [4.78, 5) is 13.1. The van der Waals surface area contributed by atoms with Crippen LogP contribution in [-0.2, 0) is 10.0 Å². The second-order valence-electron chi connectivity index (χ2n) is 6.38. The van der Waals surface area contributed by atoms with Crippen LogP contribution in [0, 0.1) is 0 Å². The number of hydrogen-bond donors (Lipinski definition) is 2. The number of sulfonamides is 1. The molecule has 1 aliphatic carbocycles. The number of fused-ring (bicyclic) bond motifs is 1. The normalized spacial score (nSPS) is 14.4. The molecule has 0 spiro atoms. The van der Waals surface area contributed by atoms with Crippen molar-refractivity contribution < 1.29 is 13.2 Å². The van der Waals surface area contributed by atoms with Crippen LogP contribution in [0.25, 0.3) is 10.1 Å². The third-order valence-corrected chi connectivity index (χ3v) is 7.82. The maximum atomic E-state index is 12.7. The summed E-state index contributed by atoms with van der Waals surface area (Å²) in [5.74, 6) is -0.455. The summed E-state index contributed by atoms with van der Waals surface area (Å²) in [5.41, 5.74) is 0.348. The minimum atomic E-state index is -3.62. The first-order chi connectivity index (χ1) is 13.2. The Balaban J connectivity index is 1.62. The van der Waals surface area contributed by atoms with E-state index in [-0.39, 0.29) is 20.8 Å². The minimum Gasteiger partial charge on any atom is -0.321 e. The van der Waals surface area contributed by atoms with Crippen LogP contribution in [0.5, 0.6) is 0 Å². The Morgan fingerprint density at radius 1 is 1.11 bits per heavy atom. The van der Waals surface area contributed by atoms with Gasteiger partial charge in [0.2, 0.25) is 10.0 Å². The van der Waals surface area contributed by atoms with Crippen molar-refractivity contribution in [3.63, 3.8) is 0 Å². The van der Waals surface area contributed by atoms with Gasteiger partial charge in [-0.2, -0.15) is 0 Å². The van der Waals surface area contributed by atoms with Crippen molar-refractivity contribution in [2.75, 3.05) is 5.32 Å². The first-order valence-electron chi connectivity index (χ1n) is 8.25. The molecular formula is C18H13Cl3N2O3S2. The summed E-state index contributed by atoms with van der Waals surface area (Å²) in [6, 6.07) is 9.32. The van der Waals surface area contributed by atoms with Gasteiger partial charge in [-0.3, -0.25) is 4.79 Å². The molecule has 1 heterocycles. The molecule has 2 N–H and O–H groups in total. The Kier molecular flexibility index (Phi) is 5.33. The highest BCUT2D eigenvalue weighted by Gasteiger charge is 2.28. The molecule has 10 heteroatoms. The highest BCUT2D eigenvalue weighted by Crippen LogP contribution is 2.41. The van der Waals surface area contributed by atoms with Gasteiger partial charge in [0.1, 0.15) is 4.88 Å². The average Bonchev–Trinajstić information content (AvgIpc) is 3.35. The van der Waals surface area contributed by atoms with E-state index in [0.717, 1.165) is 24.2 Å². The zero-order valence-corrected chi connectivity index (χ0v) is 18.0. The maximum Gasteiger partial charge on any atom is 0.267 e. The van der Waals surface area contributed by atoms with Gasteiger partial charge >= 0.3 is 0 Å². The van der Waals surface area contributed by atoms with Crippen molar-refractivity contribution in [2.24, 2.45) is 0 Å². The van der Waals surface area contributed by atoms with Crippen LogP contribution in [0.3, 0.4) is 0 Å². The molecule has 146 valence electrons. The lowest BCUT2D eigenvalue weighted by Crippen LogP contribution is -2.25. The van der Waals surface area contributed by atoms with Crippen LogP contribution in [0.1, 0.15) is 22.5 Å². The minimum absolute atomic E-state index is 0.00262. The standard InChI is InChI=1S/C18H13Cl3N2O3S2/c19-9-6-13(20)15-14(7-9)27-17(16(15)21)18(24)22-11-2-1-3-12(8-11)28(25,26)23-10-4-5-10/h1-3,6-8,10,23H,4-5H2,(H,22,24). The number of hydrogen-bond acceptors (Lipinski definition) is 4. The molecule has 1 amide bonds. The summed E-state index contributed by atoms with van der Waals surface area (Å²) in [5, 5.41) is 4.30. The van der Waals surface area contributed by atoms with Crippen LogP contribution < -0.4 is 10.0 Å². The molecule has 0 aliphatic heterocycles. The second kappa shape index (κ2) is 7.48. The first kappa shape index (κ1) is 19.9. The summed E-state index contributed by atoms with van der Waals surface area (Å²) in [7, 11) is -3.62. The molecule has 1 aromatic heterocycles.